The van der Waals surface area contributed by atoms with E-state index in [1.54, 1.807) is 38.7 Å². The molecule has 0 saturated carbocycles. The van der Waals surface area contributed by atoms with Gasteiger partial charge in [-0.05, 0) is 50.8 Å². The summed E-state index contributed by atoms with van der Waals surface area (Å²) in [6.45, 7) is 4.98. The van der Waals surface area contributed by atoms with Crippen molar-refractivity contribution in [1.29, 1.82) is 0 Å². The van der Waals surface area contributed by atoms with Gasteiger partial charge in [-0.3, -0.25) is 14.6 Å². The fourth-order valence-corrected chi connectivity index (χ4v) is 5.11. The molecule has 2 rings (SSSR count). The molecule has 2 aromatic rings. The van der Waals surface area contributed by atoms with Crippen LogP contribution in [0.4, 0.5) is 0 Å². The number of Topliss-reactive ketones (excluding diaryl/α,β-unsaturated/α-hetero) is 1. The fourth-order valence-electron chi connectivity index (χ4n) is 3.19. The van der Waals surface area contributed by atoms with Gasteiger partial charge in [0, 0.05) is 43.0 Å². The van der Waals surface area contributed by atoms with E-state index in [2.05, 4.69) is 9.97 Å². The van der Waals surface area contributed by atoms with E-state index >= 15 is 0 Å². The van der Waals surface area contributed by atoms with Crippen molar-refractivity contribution in [3.63, 3.8) is 0 Å². The Morgan fingerprint density at radius 3 is 2.33 bits per heavy atom. The summed E-state index contributed by atoms with van der Waals surface area (Å²) in [6, 6.07) is 3.63. The molecule has 2 N–H and O–H groups in total. The number of primary amides is 1. The number of sulfone groups is 1. The van der Waals surface area contributed by atoms with Crippen molar-refractivity contribution >= 4 is 32.9 Å². The monoisotopic (exact) mass is 451 g/mol. The van der Waals surface area contributed by atoms with E-state index in [-0.39, 0.29) is 24.4 Å². The molecular formula is C21H29N3O4S2. The van der Waals surface area contributed by atoms with Crippen LogP contribution < -0.4 is 5.73 Å². The van der Waals surface area contributed by atoms with E-state index < -0.39 is 32.3 Å². The molecule has 2 atom stereocenters. The Labute approximate surface area is 182 Å². The smallest absolute Gasteiger partial charge is 0.218 e. The lowest BCUT2D eigenvalue weighted by molar-refractivity contribution is -0.128. The first-order chi connectivity index (χ1) is 14.0. The van der Waals surface area contributed by atoms with Crippen LogP contribution in [0.1, 0.15) is 44.9 Å². The maximum atomic E-state index is 13.1. The predicted molar refractivity (Wildman–Crippen MR) is 118 cm³/mol. The molecular weight excluding hydrogens is 422 g/mol. The standard InChI is InChI=1S/C21H29N3O4S2/c1-21(2,3)30(27,28)13-16(8-15-4-6-23-7-5-15)9-19(25)17(11-20(22)26)10-18-12-29-14-24-18/h4-7,12,14,16-17H,8-11,13H2,1-3H3,(H2,22,26)/t16-,17-/m0/s1. The molecule has 9 heteroatoms. The average molecular weight is 452 g/mol. The molecule has 0 aliphatic heterocycles. The van der Waals surface area contributed by atoms with Gasteiger partial charge in [0.2, 0.25) is 5.91 Å². The molecule has 2 aromatic heterocycles. The summed E-state index contributed by atoms with van der Waals surface area (Å²) in [5.41, 5.74) is 8.68. The minimum Gasteiger partial charge on any atom is -0.370 e. The molecule has 164 valence electrons. The molecule has 2 heterocycles. The first-order valence-electron chi connectivity index (χ1n) is 9.77. The highest BCUT2D eigenvalue weighted by Crippen LogP contribution is 2.25. The number of aromatic nitrogens is 2. The van der Waals surface area contributed by atoms with Gasteiger partial charge >= 0.3 is 0 Å². The third kappa shape index (κ3) is 7.28. The van der Waals surface area contributed by atoms with Crippen LogP contribution >= 0.6 is 11.3 Å². The number of nitrogens with zero attached hydrogens (tertiary/aromatic N) is 2. The molecule has 0 aliphatic carbocycles. The SMILES string of the molecule is CC(C)(C)S(=O)(=O)C[C@H](CC(=O)[C@H](CC(N)=O)Cc1cscn1)Cc1ccncc1. The minimum absolute atomic E-state index is 0.0553. The highest BCUT2D eigenvalue weighted by atomic mass is 32.2. The van der Waals surface area contributed by atoms with Crippen molar-refractivity contribution in [2.45, 2.75) is 51.2 Å². The van der Waals surface area contributed by atoms with E-state index in [4.69, 9.17) is 5.73 Å². The highest BCUT2D eigenvalue weighted by Gasteiger charge is 2.33. The summed E-state index contributed by atoms with van der Waals surface area (Å²) in [7, 11) is -3.43. The molecule has 0 fully saturated rings. The summed E-state index contributed by atoms with van der Waals surface area (Å²) >= 11 is 1.41. The molecule has 0 aromatic carbocycles. The van der Waals surface area contributed by atoms with Crippen molar-refractivity contribution in [1.82, 2.24) is 9.97 Å². The maximum absolute atomic E-state index is 13.1. The van der Waals surface area contributed by atoms with Crippen molar-refractivity contribution in [3.05, 3.63) is 46.7 Å². The number of hydrogen-bond donors (Lipinski definition) is 1. The van der Waals surface area contributed by atoms with Gasteiger partial charge in [0.1, 0.15) is 5.78 Å². The number of nitrogens with two attached hydrogens (primary N) is 1. The van der Waals surface area contributed by atoms with Crippen LogP contribution in [-0.4, -0.2) is 40.6 Å². The van der Waals surface area contributed by atoms with E-state index in [0.717, 1.165) is 11.3 Å². The van der Waals surface area contributed by atoms with Crippen LogP contribution in [0.5, 0.6) is 0 Å². The lowest BCUT2D eigenvalue weighted by Gasteiger charge is -2.25. The summed E-state index contributed by atoms with van der Waals surface area (Å²) in [5, 5.41) is 1.83. The van der Waals surface area contributed by atoms with Crippen LogP contribution in [0.25, 0.3) is 0 Å². The zero-order chi connectivity index (χ0) is 22.4. The number of thiazole rings is 1. The molecule has 30 heavy (non-hydrogen) atoms. The molecule has 0 unspecified atom stereocenters. The van der Waals surface area contributed by atoms with Gasteiger partial charge in [-0.1, -0.05) is 0 Å². The maximum Gasteiger partial charge on any atom is 0.218 e. The normalized spacial score (nSPS) is 14.2. The number of carbonyl (C=O) groups is 2. The second-order valence-electron chi connectivity index (χ2n) is 8.54. The van der Waals surface area contributed by atoms with Crippen molar-refractivity contribution in [2.75, 3.05) is 5.75 Å². The van der Waals surface area contributed by atoms with Gasteiger partial charge in [0.05, 0.1) is 21.7 Å². The zero-order valence-corrected chi connectivity index (χ0v) is 19.2. The predicted octanol–water partition coefficient (Wildman–Crippen LogP) is 2.60. The summed E-state index contributed by atoms with van der Waals surface area (Å²) < 4.78 is 24.7. The van der Waals surface area contributed by atoms with Gasteiger partial charge in [-0.15, -0.1) is 11.3 Å². The Balaban J connectivity index is 2.22. The lowest BCUT2D eigenvalue weighted by atomic mass is 9.87. The molecule has 0 spiro atoms. The number of rotatable bonds is 11. The second-order valence-corrected chi connectivity index (χ2v) is 12.0. The van der Waals surface area contributed by atoms with Crippen LogP contribution in [0.3, 0.4) is 0 Å². The molecule has 0 bridgehead atoms. The summed E-state index contributed by atoms with van der Waals surface area (Å²) in [6.07, 6.45) is 4.02. The number of amides is 1. The van der Waals surface area contributed by atoms with Gasteiger partial charge in [0.15, 0.2) is 9.84 Å². The molecule has 0 saturated heterocycles. The van der Waals surface area contributed by atoms with Crippen molar-refractivity contribution in [3.8, 4) is 0 Å². The van der Waals surface area contributed by atoms with E-state index in [9.17, 15) is 18.0 Å². The van der Waals surface area contributed by atoms with Gasteiger partial charge in [-0.25, -0.2) is 13.4 Å². The third-order valence-corrected chi connectivity index (χ3v) is 8.41. The van der Waals surface area contributed by atoms with Crippen LogP contribution in [-0.2, 0) is 32.3 Å². The molecule has 0 radical (unpaired) electrons. The van der Waals surface area contributed by atoms with Crippen molar-refractivity contribution in [2.24, 2.45) is 17.6 Å². The van der Waals surface area contributed by atoms with Gasteiger partial charge in [-0.2, -0.15) is 0 Å². The molecule has 1 amide bonds. The number of hydrogen-bond acceptors (Lipinski definition) is 7. The quantitative estimate of drug-likeness (QED) is 0.561. The third-order valence-electron chi connectivity index (χ3n) is 4.99. The van der Waals surface area contributed by atoms with E-state index in [0.29, 0.717) is 12.8 Å². The Morgan fingerprint density at radius 1 is 1.13 bits per heavy atom. The van der Waals surface area contributed by atoms with Crippen molar-refractivity contribution < 1.29 is 18.0 Å². The average Bonchev–Trinajstić information content (AvgIpc) is 3.13. The highest BCUT2D eigenvalue weighted by molar-refractivity contribution is 7.92. The largest absolute Gasteiger partial charge is 0.370 e. The second kappa shape index (κ2) is 10.3. The Morgan fingerprint density at radius 2 is 1.80 bits per heavy atom. The van der Waals surface area contributed by atoms with Gasteiger partial charge in [0.25, 0.3) is 0 Å². The van der Waals surface area contributed by atoms with Crippen LogP contribution in [0.2, 0.25) is 0 Å². The molecule has 7 nitrogen and oxygen atoms in total. The Hall–Kier alpha value is -2.13. The number of pyridine rings is 1. The van der Waals surface area contributed by atoms with Gasteiger partial charge < -0.3 is 5.73 Å². The summed E-state index contributed by atoms with van der Waals surface area (Å²) in [5.74, 6) is -1.84. The number of carbonyl (C=O) groups excluding carboxylic acids is 2. The first kappa shape index (κ1) is 24.1. The van der Waals surface area contributed by atoms with Crippen LogP contribution in [0, 0.1) is 11.8 Å². The Bertz CT molecular complexity index is 936. The molecule has 0 aliphatic rings. The minimum atomic E-state index is -3.43. The number of ketones is 1. The zero-order valence-electron chi connectivity index (χ0n) is 17.6. The Kier molecular flexibility index (Phi) is 8.25. The van der Waals surface area contributed by atoms with E-state index in [1.165, 1.54) is 11.3 Å². The fraction of sp³-hybridized carbons (Fsp3) is 0.524. The van der Waals surface area contributed by atoms with E-state index in [1.807, 2.05) is 17.5 Å². The lowest BCUT2D eigenvalue weighted by Crippen LogP contribution is -2.35. The van der Waals surface area contributed by atoms with Crippen LogP contribution in [0.15, 0.2) is 35.4 Å². The summed E-state index contributed by atoms with van der Waals surface area (Å²) in [4.78, 5) is 32.8. The first-order valence-corrected chi connectivity index (χ1v) is 12.4. The topological polar surface area (TPSA) is 120 Å².